The maximum absolute atomic E-state index is 13.3. The van der Waals surface area contributed by atoms with Gasteiger partial charge in [0.05, 0.1) is 4.83 Å². The first kappa shape index (κ1) is 11.9. The third kappa shape index (κ3) is 2.64. The van der Waals surface area contributed by atoms with Crippen molar-refractivity contribution < 1.29 is 9.18 Å². The van der Waals surface area contributed by atoms with E-state index in [1.807, 2.05) is 0 Å². The highest BCUT2D eigenvalue weighted by atomic mass is 79.9. The van der Waals surface area contributed by atoms with Crippen LogP contribution in [0.25, 0.3) is 0 Å². The van der Waals surface area contributed by atoms with Crippen LogP contribution < -0.4 is 0 Å². The Morgan fingerprint density at radius 3 is 2.64 bits per heavy atom. The third-order valence-corrected chi connectivity index (χ3v) is 3.65. The van der Waals surface area contributed by atoms with E-state index in [4.69, 9.17) is 0 Å². The molecule has 0 aliphatic heterocycles. The molecular formula is C10H9Br2FO. The van der Waals surface area contributed by atoms with Gasteiger partial charge in [-0.2, -0.15) is 0 Å². The summed E-state index contributed by atoms with van der Waals surface area (Å²) in [5, 5.41) is 0.478. The summed E-state index contributed by atoms with van der Waals surface area (Å²) < 4.78 is 13.3. The average molecular weight is 324 g/mol. The van der Waals surface area contributed by atoms with Gasteiger partial charge in [0.25, 0.3) is 0 Å². The largest absolute Gasteiger partial charge is 0.298 e. The number of carbonyl (C=O) groups excluding carboxylic acids is 1. The van der Waals surface area contributed by atoms with Crippen molar-refractivity contribution in [3.05, 3.63) is 35.1 Å². The first-order valence-electron chi connectivity index (χ1n) is 4.05. The molecule has 0 saturated heterocycles. The highest BCUT2D eigenvalue weighted by Crippen LogP contribution is 2.25. The zero-order valence-corrected chi connectivity index (χ0v) is 10.7. The quantitative estimate of drug-likeness (QED) is 0.774. The summed E-state index contributed by atoms with van der Waals surface area (Å²) in [6, 6.07) is 4.81. The molecule has 0 aliphatic rings. The molecule has 1 atom stereocenters. The lowest BCUT2D eigenvalue weighted by Crippen LogP contribution is -2.02. The standard InChI is InChI=1S/C10H9Br2FO/c1-6(14)10(12)7-2-3-8(5-11)9(13)4-7/h2-4,10H,5H2,1H3. The number of alkyl halides is 2. The average Bonchev–Trinajstić information content (AvgIpc) is 2.16. The maximum atomic E-state index is 13.3. The highest BCUT2D eigenvalue weighted by molar-refractivity contribution is 9.09. The summed E-state index contributed by atoms with van der Waals surface area (Å²) in [4.78, 5) is 10.6. The van der Waals surface area contributed by atoms with E-state index >= 15 is 0 Å². The normalized spacial score (nSPS) is 12.6. The topological polar surface area (TPSA) is 17.1 Å². The predicted octanol–water partition coefficient (Wildman–Crippen LogP) is 3.75. The minimum Gasteiger partial charge on any atom is -0.298 e. The van der Waals surface area contributed by atoms with Crippen molar-refractivity contribution >= 4 is 37.6 Å². The van der Waals surface area contributed by atoms with Crippen LogP contribution in [0.2, 0.25) is 0 Å². The van der Waals surface area contributed by atoms with Gasteiger partial charge in [0.15, 0.2) is 0 Å². The van der Waals surface area contributed by atoms with E-state index < -0.39 is 4.83 Å². The Bertz CT molecular complexity index is 352. The maximum Gasteiger partial charge on any atom is 0.147 e. The van der Waals surface area contributed by atoms with Crippen molar-refractivity contribution in [2.75, 3.05) is 0 Å². The molecule has 76 valence electrons. The molecule has 0 bridgehead atoms. The summed E-state index contributed by atoms with van der Waals surface area (Å²) in [6.07, 6.45) is 0. The second-order valence-electron chi connectivity index (χ2n) is 2.96. The Balaban J connectivity index is 3.02. The minimum atomic E-state index is -0.415. The van der Waals surface area contributed by atoms with Gasteiger partial charge in [-0.15, -0.1) is 0 Å². The Morgan fingerprint density at radius 2 is 2.21 bits per heavy atom. The number of halogens is 3. The molecule has 4 heteroatoms. The Morgan fingerprint density at radius 1 is 1.57 bits per heavy atom. The fourth-order valence-corrected chi connectivity index (χ4v) is 1.80. The molecule has 1 aromatic rings. The summed E-state index contributed by atoms with van der Waals surface area (Å²) in [5.41, 5.74) is 1.25. The SMILES string of the molecule is CC(=O)C(Br)c1ccc(CBr)c(F)c1. The molecule has 14 heavy (non-hydrogen) atoms. The summed E-state index contributed by atoms with van der Waals surface area (Å²) in [6.45, 7) is 1.47. The van der Waals surface area contributed by atoms with Gasteiger partial charge >= 0.3 is 0 Å². The van der Waals surface area contributed by atoms with E-state index in [0.29, 0.717) is 16.5 Å². The Labute approximate surface area is 99.0 Å². The molecule has 1 nitrogen and oxygen atoms in total. The van der Waals surface area contributed by atoms with Gasteiger partial charge in [-0.25, -0.2) is 4.39 Å². The number of benzene rings is 1. The minimum absolute atomic E-state index is 0.0315. The second-order valence-corrected chi connectivity index (χ2v) is 4.43. The molecule has 1 aromatic carbocycles. The first-order chi connectivity index (χ1) is 6.56. The molecule has 0 saturated carbocycles. The van der Waals surface area contributed by atoms with E-state index in [2.05, 4.69) is 31.9 Å². The number of carbonyl (C=O) groups is 1. The van der Waals surface area contributed by atoms with Crippen LogP contribution in [0.5, 0.6) is 0 Å². The van der Waals surface area contributed by atoms with E-state index in [0.717, 1.165) is 0 Å². The van der Waals surface area contributed by atoms with Gasteiger partial charge in [0.2, 0.25) is 0 Å². The third-order valence-electron chi connectivity index (χ3n) is 1.87. The zero-order valence-electron chi connectivity index (χ0n) is 7.56. The van der Waals surface area contributed by atoms with Crippen molar-refractivity contribution in [1.29, 1.82) is 0 Å². The van der Waals surface area contributed by atoms with Gasteiger partial charge in [0, 0.05) is 5.33 Å². The van der Waals surface area contributed by atoms with Crippen LogP contribution >= 0.6 is 31.9 Å². The van der Waals surface area contributed by atoms with Gasteiger partial charge in [0.1, 0.15) is 11.6 Å². The molecule has 1 unspecified atom stereocenters. The molecule has 0 aliphatic carbocycles. The zero-order chi connectivity index (χ0) is 10.7. The molecule has 0 amide bonds. The number of rotatable bonds is 3. The van der Waals surface area contributed by atoms with Crippen LogP contribution in [0.15, 0.2) is 18.2 Å². The summed E-state index contributed by atoms with van der Waals surface area (Å²) in [5.74, 6) is -0.318. The summed E-state index contributed by atoms with van der Waals surface area (Å²) >= 11 is 6.38. The fraction of sp³-hybridized carbons (Fsp3) is 0.300. The molecule has 0 fully saturated rings. The number of hydrogen-bond donors (Lipinski definition) is 0. The summed E-state index contributed by atoms with van der Waals surface area (Å²) in [7, 11) is 0. The number of hydrogen-bond acceptors (Lipinski definition) is 1. The van der Waals surface area contributed by atoms with E-state index in [1.54, 1.807) is 12.1 Å². The molecule has 1 rings (SSSR count). The van der Waals surface area contributed by atoms with Gasteiger partial charge in [-0.3, -0.25) is 4.79 Å². The lowest BCUT2D eigenvalue weighted by Gasteiger charge is -2.07. The predicted molar refractivity (Wildman–Crippen MR) is 61.4 cm³/mol. The Kier molecular flexibility index (Phi) is 4.26. The van der Waals surface area contributed by atoms with Crippen molar-refractivity contribution in [2.24, 2.45) is 0 Å². The monoisotopic (exact) mass is 322 g/mol. The van der Waals surface area contributed by atoms with Crippen LogP contribution in [0.1, 0.15) is 22.9 Å². The molecule has 0 radical (unpaired) electrons. The van der Waals surface area contributed by atoms with Crippen molar-refractivity contribution in [3.63, 3.8) is 0 Å². The molecule has 0 spiro atoms. The Hall–Kier alpha value is -0.220. The fourth-order valence-electron chi connectivity index (χ4n) is 1.06. The van der Waals surface area contributed by atoms with Crippen molar-refractivity contribution in [2.45, 2.75) is 17.1 Å². The lowest BCUT2D eigenvalue weighted by atomic mass is 10.1. The van der Waals surface area contributed by atoms with Crippen molar-refractivity contribution in [1.82, 2.24) is 0 Å². The molecule has 0 N–H and O–H groups in total. The van der Waals surface area contributed by atoms with E-state index in [1.165, 1.54) is 13.0 Å². The molecule has 0 heterocycles. The van der Waals surface area contributed by atoms with Crippen molar-refractivity contribution in [3.8, 4) is 0 Å². The van der Waals surface area contributed by atoms with Gasteiger partial charge < -0.3 is 0 Å². The lowest BCUT2D eigenvalue weighted by molar-refractivity contribution is -0.116. The highest BCUT2D eigenvalue weighted by Gasteiger charge is 2.14. The van der Waals surface area contributed by atoms with Crippen LogP contribution in [0.4, 0.5) is 4.39 Å². The van der Waals surface area contributed by atoms with E-state index in [-0.39, 0.29) is 11.6 Å². The van der Waals surface area contributed by atoms with E-state index in [9.17, 15) is 9.18 Å². The first-order valence-corrected chi connectivity index (χ1v) is 6.08. The number of Topliss-reactive ketones (excluding diaryl/α,β-unsaturated/α-hetero) is 1. The molecular weight excluding hydrogens is 315 g/mol. The second kappa shape index (κ2) is 5.03. The van der Waals surface area contributed by atoms with Crippen LogP contribution in [0.3, 0.4) is 0 Å². The van der Waals surface area contributed by atoms with Crippen LogP contribution in [-0.4, -0.2) is 5.78 Å². The smallest absolute Gasteiger partial charge is 0.147 e. The van der Waals surface area contributed by atoms with Gasteiger partial charge in [-0.1, -0.05) is 44.0 Å². The van der Waals surface area contributed by atoms with Gasteiger partial charge in [-0.05, 0) is 24.1 Å². The van der Waals surface area contributed by atoms with Crippen LogP contribution in [0, 0.1) is 5.82 Å². The van der Waals surface area contributed by atoms with Crippen LogP contribution in [-0.2, 0) is 10.1 Å². The number of ketones is 1. The molecule has 0 aromatic heterocycles.